The molecule has 0 amide bonds. The Balaban J connectivity index is 1.64. The molecule has 1 aliphatic carbocycles. The van der Waals surface area contributed by atoms with Crippen LogP contribution in [0, 0.1) is 5.92 Å². The van der Waals surface area contributed by atoms with Crippen LogP contribution in [0.2, 0.25) is 4.31 Å². The Hall–Kier alpha value is -1.08. The number of rotatable bonds is 3. The van der Waals surface area contributed by atoms with E-state index in [1.165, 1.54) is 16.4 Å². The summed E-state index contributed by atoms with van der Waals surface area (Å²) in [6, 6.07) is 21.7. The second kappa shape index (κ2) is 4.49. The Labute approximate surface area is 120 Å². The van der Waals surface area contributed by atoms with E-state index in [0.717, 1.165) is 12.5 Å². The van der Waals surface area contributed by atoms with E-state index >= 15 is 0 Å². The third-order valence-electron chi connectivity index (χ3n) is 4.16. The molecule has 19 heavy (non-hydrogen) atoms. The van der Waals surface area contributed by atoms with Gasteiger partial charge in [0, 0.05) is 0 Å². The van der Waals surface area contributed by atoms with Crippen molar-refractivity contribution in [3.05, 3.63) is 66.2 Å². The minimum absolute atomic E-state index is 0.318. The van der Waals surface area contributed by atoms with Gasteiger partial charge in [-0.1, -0.05) is 0 Å². The number of benzene rings is 2. The minimum atomic E-state index is 0.318. The average molecular weight is 315 g/mol. The molecule has 1 aliphatic heterocycles. The van der Waals surface area contributed by atoms with Crippen molar-refractivity contribution >= 4 is 19.4 Å². The predicted molar refractivity (Wildman–Crippen MR) is 77.8 cm³/mol. The molecule has 2 aromatic carbocycles. The fourth-order valence-corrected chi connectivity index (χ4v) is 6.37. The number of hydrogen-bond acceptors (Lipinski definition) is 1. The molecule has 2 aromatic rings. The quantitative estimate of drug-likeness (QED) is 0.791. The van der Waals surface area contributed by atoms with E-state index in [4.69, 9.17) is 4.74 Å². The molecule has 3 atom stereocenters. The standard InChI is InChI=1S/C17H16OSe/c1-3-7-13(8-4-1)16-17(11-14(17)12-18-16)19-15-9-5-2-6-10-15/h1-10,14,16H,11-12H2/t14-,16-,17+/m0/s1. The van der Waals surface area contributed by atoms with E-state index < -0.39 is 0 Å². The van der Waals surface area contributed by atoms with Gasteiger partial charge in [-0.05, 0) is 0 Å². The molecule has 0 aromatic heterocycles. The Bertz CT molecular complexity index is 568. The van der Waals surface area contributed by atoms with E-state index in [1.54, 1.807) is 0 Å². The second-order valence-corrected chi connectivity index (χ2v) is 8.41. The summed E-state index contributed by atoms with van der Waals surface area (Å²) < 4.78 is 8.02. The van der Waals surface area contributed by atoms with Gasteiger partial charge in [-0.15, -0.1) is 0 Å². The summed E-state index contributed by atoms with van der Waals surface area (Å²) in [4.78, 5) is 0. The fourth-order valence-electron chi connectivity index (χ4n) is 3.09. The summed E-state index contributed by atoms with van der Waals surface area (Å²) in [6.45, 7) is 0.953. The van der Waals surface area contributed by atoms with Gasteiger partial charge in [-0.3, -0.25) is 0 Å². The van der Waals surface area contributed by atoms with E-state index in [-0.39, 0.29) is 0 Å². The third-order valence-corrected chi connectivity index (χ3v) is 7.52. The van der Waals surface area contributed by atoms with Crippen LogP contribution in [0.3, 0.4) is 0 Å². The first-order chi connectivity index (χ1) is 9.38. The van der Waals surface area contributed by atoms with Crippen LogP contribution in [0.25, 0.3) is 0 Å². The summed E-state index contributed by atoms with van der Waals surface area (Å²) in [7, 11) is 0. The van der Waals surface area contributed by atoms with E-state index in [0.29, 0.717) is 25.4 Å². The maximum absolute atomic E-state index is 6.09. The molecule has 1 saturated heterocycles. The fraction of sp³-hybridized carbons (Fsp3) is 0.294. The molecule has 2 heteroatoms. The van der Waals surface area contributed by atoms with E-state index in [9.17, 15) is 0 Å². The summed E-state index contributed by atoms with van der Waals surface area (Å²) in [6.07, 6.45) is 1.67. The molecule has 0 radical (unpaired) electrons. The molecule has 0 spiro atoms. The van der Waals surface area contributed by atoms with Crippen LogP contribution in [0.1, 0.15) is 18.1 Å². The van der Waals surface area contributed by atoms with Crippen molar-refractivity contribution in [3.63, 3.8) is 0 Å². The Kier molecular flexibility index (Phi) is 2.77. The molecular formula is C17H16OSe. The molecule has 2 aliphatic rings. The monoisotopic (exact) mass is 316 g/mol. The van der Waals surface area contributed by atoms with Crippen LogP contribution in [0.4, 0.5) is 0 Å². The average Bonchev–Trinajstić information content (AvgIpc) is 3.05. The van der Waals surface area contributed by atoms with Crippen molar-refractivity contribution in [2.75, 3.05) is 6.61 Å². The molecule has 2 fully saturated rings. The summed E-state index contributed by atoms with van der Waals surface area (Å²) in [5, 5.41) is 0. The predicted octanol–water partition coefficient (Wildman–Crippen LogP) is 2.97. The van der Waals surface area contributed by atoms with Crippen LogP contribution in [0.5, 0.6) is 0 Å². The zero-order valence-corrected chi connectivity index (χ0v) is 12.4. The zero-order chi connectivity index (χ0) is 12.7. The van der Waals surface area contributed by atoms with E-state index in [1.807, 2.05) is 0 Å². The topological polar surface area (TPSA) is 9.23 Å². The van der Waals surface area contributed by atoms with Gasteiger partial charge in [0.25, 0.3) is 0 Å². The van der Waals surface area contributed by atoms with E-state index in [2.05, 4.69) is 60.7 Å². The molecule has 1 saturated carbocycles. The van der Waals surface area contributed by atoms with Crippen LogP contribution < -0.4 is 4.46 Å². The van der Waals surface area contributed by atoms with Gasteiger partial charge in [-0.2, -0.15) is 0 Å². The molecule has 0 bridgehead atoms. The maximum atomic E-state index is 6.09. The van der Waals surface area contributed by atoms with Crippen molar-refractivity contribution in [1.29, 1.82) is 0 Å². The first-order valence-corrected chi connectivity index (χ1v) is 8.50. The van der Waals surface area contributed by atoms with Crippen molar-refractivity contribution in [3.8, 4) is 0 Å². The third kappa shape index (κ3) is 1.95. The van der Waals surface area contributed by atoms with Gasteiger partial charge < -0.3 is 0 Å². The van der Waals surface area contributed by atoms with Gasteiger partial charge in [-0.25, -0.2) is 0 Å². The molecule has 4 rings (SSSR count). The second-order valence-electron chi connectivity index (χ2n) is 5.40. The molecular weight excluding hydrogens is 299 g/mol. The van der Waals surface area contributed by atoms with Crippen molar-refractivity contribution in [2.24, 2.45) is 5.92 Å². The van der Waals surface area contributed by atoms with Gasteiger partial charge in [0.2, 0.25) is 0 Å². The Morgan fingerprint density at radius 2 is 1.63 bits per heavy atom. The molecule has 0 N–H and O–H groups in total. The molecule has 1 heterocycles. The first-order valence-electron chi connectivity index (χ1n) is 6.79. The van der Waals surface area contributed by atoms with Crippen LogP contribution >= 0.6 is 0 Å². The van der Waals surface area contributed by atoms with Gasteiger partial charge in [0.05, 0.1) is 0 Å². The molecule has 1 nitrogen and oxygen atoms in total. The van der Waals surface area contributed by atoms with Crippen LogP contribution in [-0.4, -0.2) is 21.6 Å². The van der Waals surface area contributed by atoms with Crippen molar-refractivity contribution in [1.82, 2.24) is 0 Å². The molecule has 96 valence electrons. The number of ether oxygens (including phenoxy) is 1. The normalized spacial score (nSPS) is 32.0. The molecule has 0 unspecified atom stereocenters. The van der Waals surface area contributed by atoms with Gasteiger partial charge >= 0.3 is 120 Å². The van der Waals surface area contributed by atoms with Gasteiger partial charge in [0.15, 0.2) is 0 Å². The van der Waals surface area contributed by atoms with Crippen molar-refractivity contribution < 1.29 is 4.74 Å². The Morgan fingerprint density at radius 3 is 2.32 bits per heavy atom. The number of fused-ring (bicyclic) bond motifs is 1. The zero-order valence-electron chi connectivity index (χ0n) is 10.7. The van der Waals surface area contributed by atoms with Crippen LogP contribution in [-0.2, 0) is 4.74 Å². The SMILES string of the molecule is c1ccc([Se][C@]23C[C@H]2CO[C@H]3c2ccccc2)cc1. The first kappa shape index (κ1) is 11.7. The Morgan fingerprint density at radius 1 is 0.947 bits per heavy atom. The summed E-state index contributed by atoms with van der Waals surface area (Å²) in [5.74, 6) is 0.790. The van der Waals surface area contributed by atoms with Crippen LogP contribution in [0.15, 0.2) is 60.7 Å². The summed E-state index contributed by atoms with van der Waals surface area (Å²) >= 11 is 0.510. The number of hydrogen-bond donors (Lipinski definition) is 0. The van der Waals surface area contributed by atoms with Crippen molar-refractivity contribution in [2.45, 2.75) is 16.8 Å². The summed E-state index contributed by atoms with van der Waals surface area (Å²) in [5.41, 5.74) is 1.36. The van der Waals surface area contributed by atoms with Gasteiger partial charge in [0.1, 0.15) is 0 Å².